The Hall–Kier alpha value is -0.590. The number of rotatable bonds is 1. The van der Waals surface area contributed by atoms with Crippen molar-refractivity contribution >= 4 is 44.9 Å². The normalized spacial score (nSPS) is 29.4. The van der Waals surface area contributed by atoms with E-state index in [0.717, 1.165) is 4.90 Å². The second kappa shape index (κ2) is 3.72. The zero-order valence-electron chi connectivity index (χ0n) is 7.94. The summed E-state index contributed by atoms with van der Waals surface area (Å²) in [6, 6.07) is -0.644. The lowest BCUT2D eigenvalue weighted by atomic mass is 10.2. The Morgan fingerprint density at radius 1 is 1.12 bits per heavy atom. The lowest BCUT2D eigenvalue weighted by Crippen LogP contribution is -2.41. The molecule has 1 saturated heterocycles. The van der Waals surface area contributed by atoms with Crippen LogP contribution in [0.1, 0.15) is 6.42 Å². The van der Waals surface area contributed by atoms with Crippen LogP contribution < -0.4 is 0 Å². The molecule has 1 fully saturated rings. The molecule has 8 heteroatoms. The van der Waals surface area contributed by atoms with Crippen molar-refractivity contribution in [3.05, 3.63) is 10.1 Å². The van der Waals surface area contributed by atoms with Gasteiger partial charge in [-0.05, 0) is 6.42 Å². The van der Waals surface area contributed by atoms with Crippen LogP contribution in [0.3, 0.4) is 0 Å². The van der Waals surface area contributed by atoms with E-state index in [1.165, 1.54) is 0 Å². The summed E-state index contributed by atoms with van der Waals surface area (Å²) in [7, 11) is -3.17. The van der Waals surface area contributed by atoms with Gasteiger partial charge in [0.15, 0.2) is 9.84 Å². The molecule has 88 valence electrons. The van der Waals surface area contributed by atoms with Crippen LogP contribution in [-0.2, 0) is 19.4 Å². The van der Waals surface area contributed by atoms with Crippen LogP contribution in [0.5, 0.6) is 0 Å². The molecule has 2 amide bonds. The van der Waals surface area contributed by atoms with Crippen LogP contribution in [-0.4, -0.2) is 42.7 Å². The van der Waals surface area contributed by atoms with E-state index in [2.05, 4.69) is 0 Å². The highest BCUT2D eigenvalue weighted by Crippen LogP contribution is 2.31. The Morgan fingerprint density at radius 2 is 1.62 bits per heavy atom. The first-order chi connectivity index (χ1) is 7.33. The van der Waals surface area contributed by atoms with Crippen molar-refractivity contribution in [1.82, 2.24) is 4.90 Å². The number of nitrogens with zero attached hydrogens (tertiary/aromatic N) is 1. The lowest BCUT2D eigenvalue weighted by molar-refractivity contribution is -0.139. The van der Waals surface area contributed by atoms with E-state index < -0.39 is 27.7 Å². The topological polar surface area (TPSA) is 71.5 Å². The highest BCUT2D eigenvalue weighted by molar-refractivity contribution is 7.91. The summed E-state index contributed by atoms with van der Waals surface area (Å²) in [5, 5.41) is -0.674. The van der Waals surface area contributed by atoms with Crippen molar-refractivity contribution < 1.29 is 18.0 Å². The minimum atomic E-state index is -3.17. The van der Waals surface area contributed by atoms with Crippen LogP contribution in [0, 0.1) is 0 Å². The lowest BCUT2D eigenvalue weighted by Gasteiger charge is -2.20. The van der Waals surface area contributed by atoms with Gasteiger partial charge in [-0.25, -0.2) is 8.42 Å². The predicted octanol–water partition coefficient (Wildman–Crippen LogP) is 0.231. The minimum Gasteiger partial charge on any atom is -0.269 e. The van der Waals surface area contributed by atoms with Gasteiger partial charge in [-0.2, -0.15) is 0 Å². The third-order valence-corrected chi connectivity index (χ3v) is 5.13. The van der Waals surface area contributed by atoms with Gasteiger partial charge in [0.2, 0.25) is 0 Å². The van der Waals surface area contributed by atoms with E-state index in [4.69, 9.17) is 23.2 Å². The molecule has 0 bridgehead atoms. The molecule has 0 N–H and O–H groups in total. The Kier molecular flexibility index (Phi) is 2.76. The van der Waals surface area contributed by atoms with Crippen molar-refractivity contribution in [1.29, 1.82) is 0 Å². The molecular formula is C8H7Cl2NO4S. The monoisotopic (exact) mass is 283 g/mol. The van der Waals surface area contributed by atoms with Gasteiger partial charge in [0, 0.05) is 0 Å². The molecule has 1 atom stereocenters. The molecule has 5 nitrogen and oxygen atoms in total. The van der Waals surface area contributed by atoms with Gasteiger partial charge < -0.3 is 0 Å². The maximum absolute atomic E-state index is 11.6. The summed E-state index contributed by atoms with van der Waals surface area (Å²) >= 11 is 11.1. The fraction of sp³-hybridized carbons (Fsp3) is 0.500. The number of amides is 2. The third kappa shape index (κ3) is 1.74. The van der Waals surface area contributed by atoms with Crippen LogP contribution in [0.4, 0.5) is 0 Å². The molecule has 0 aliphatic carbocycles. The number of carbonyl (C=O) groups excluding carboxylic acids is 2. The third-order valence-electron chi connectivity index (χ3n) is 2.58. The molecule has 2 aliphatic rings. The fourth-order valence-electron chi connectivity index (χ4n) is 1.80. The van der Waals surface area contributed by atoms with Crippen molar-refractivity contribution in [3.8, 4) is 0 Å². The van der Waals surface area contributed by atoms with Gasteiger partial charge in [0.1, 0.15) is 10.1 Å². The maximum Gasteiger partial charge on any atom is 0.274 e. The first kappa shape index (κ1) is 11.9. The summed E-state index contributed by atoms with van der Waals surface area (Å²) in [4.78, 5) is 24.0. The number of sulfone groups is 1. The van der Waals surface area contributed by atoms with Gasteiger partial charge in [0.25, 0.3) is 11.8 Å². The van der Waals surface area contributed by atoms with E-state index in [1.54, 1.807) is 0 Å². The number of imide groups is 1. The molecule has 0 aromatic heterocycles. The average Bonchev–Trinajstić information content (AvgIpc) is 2.63. The first-order valence-electron chi connectivity index (χ1n) is 4.47. The molecular weight excluding hydrogens is 277 g/mol. The molecule has 0 radical (unpaired) electrons. The van der Waals surface area contributed by atoms with E-state index in [-0.39, 0.29) is 28.0 Å². The summed E-state index contributed by atoms with van der Waals surface area (Å²) in [6.45, 7) is 0. The highest BCUT2D eigenvalue weighted by Gasteiger charge is 2.44. The zero-order chi connectivity index (χ0) is 12.1. The Balaban J connectivity index is 2.27. The van der Waals surface area contributed by atoms with Gasteiger partial charge in [-0.3, -0.25) is 14.5 Å². The van der Waals surface area contributed by atoms with Crippen molar-refractivity contribution in [3.63, 3.8) is 0 Å². The summed E-state index contributed by atoms with van der Waals surface area (Å²) in [5.74, 6) is -1.65. The molecule has 2 aliphatic heterocycles. The van der Waals surface area contributed by atoms with Crippen LogP contribution in [0.15, 0.2) is 10.1 Å². The fourth-order valence-corrected chi connectivity index (χ4v) is 3.85. The number of hydrogen-bond donors (Lipinski definition) is 0. The van der Waals surface area contributed by atoms with E-state index >= 15 is 0 Å². The first-order valence-corrected chi connectivity index (χ1v) is 7.05. The molecule has 0 spiro atoms. The highest BCUT2D eigenvalue weighted by atomic mass is 35.5. The smallest absolute Gasteiger partial charge is 0.269 e. The molecule has 0 saturated carbocycles. The zero-order valence-corrected chi connectivity index (χ0v) is 10.3. The summed E-state index contributed by atoms with van der Waals surface area (Å²) in [6.07, 6.45) is 0.244. The van der Waals surface area contributed by atoms with Crippen molar-refractivity contribution in [2.45, 2.75) is 12.5 Å². The quantitative estimate of drug-likeness (QED) is 0.646. The standard InChI is InChI=1S/C8H7Cl2NO4S/c9-5-6(10)8(13)11(7(5)12)4-1-2-16(14,15)3-4/h4H,1-3H2. The van der Waals surface area contributed by atoms with Gasteiger partial charge in [-0.15, -0.1) is 0 Å². The maximum atomic E-state index is 11.6. The van der Waals surface area contributed by atoms with Crippen LogP contribution in [0.2, 0.25) is 0 Å². The molecule has 1 unspecified atom stereocenters. The number of halogens is 2. The molecule has 0 aromatic carbocycles. The minimum absolute atomic E-state index is 0.0238. The van der Waals surface area contributed by atoms with Crippen molar-refractivity contribution in [2.24, 2.45) is 0 Å². The Labute approximate surface area is 102 Å². The van der Waals surface area contributed by atoms with E-state index in [0.29, 0.717) is 0 Å². The molecule has 0 aromatic rings. The molecule has 2 heterocycles. The average molecular weight is 284 g/mol. The van der Waals surface area contributed by atoms with E-state index in [1.807, 2.05) is 0 Å². The Morgan fingerprint density at radius 3 is 2.00 bits per heavy atom. The second-order valence-electron chi connectivity index (χ2n) is 3.67. The summed E-state index contributed by atoms with van der Waals surface area (Å²) < 4.78 is 22.5. The van der Waals surface area contributed by atoms with Gasteiger partial charge in [-0.1, -0.05) is 23.2 Å². The molecule has 16 heavy (non-hydrogen) atoms. The predicted molar refractivity (Wildman–Crippen MR) is 57.6 cm³/mol. The van der Waals surface area contributed by atoms with Gasteiger partial charge >= 0.3 is 0 Å². The SMILES string of the molecule is O=C1C(Cl)=C(Cl)C(=O)N1C1CCS(=O)(=O)C1. The Bertz CT molecular complexity index is 486. The largest absolute Gasteiger partial charge is 0.274 e. The van der Waals surface area contributed by atoms with Crippen molar-refractivity contribution in [2.75, 3.05) is 11.5 Å². The molecule has 2 rings (SSSR count). The van der Waals surface area contributed by atoms with E-state index in [9.17, 15) is 18.0 Å². The van der Waals surface area contributed by atoms with Gasteiger partial charge in [0.05, 0.1) is 17.5 Å². The van der Waals surface area contributed by atoms with Crippen LogP contribution in [0.25, 0.3) is 0 Å². The van der Waals surface area contributed by atoms with Crippen LogP contribution >= 0.6 is 23.2 Å². The second-order valence-corrected chi connectivity index (χ2v) is 6.65. The summed E-state index contributed by atoms with van der Waals surface area (Å²) in [5.41, 5.74) is 0. The number of hydrogen-bond acceptors (Lipinski definition) is 4. The number of carbonyl (C=O) groups is 2.